The van der Waals surface area contributed by atoms with Crippen LogP contribution in [0.25, 0.3) is 11.1 Å². The molecule has 100 valence electrons. The van der Waals surface area contributed by atoms with Crippen molar-refractivity contribution in [1.82, 2.24) is 9.78 Å². The number of carbonyl (C=O) groups excluding carboxylic acids is 1. The average Bonchev–Trinajstić information content (AvgIpc) is 2.80. The number of benzene rings is 1. The molecule has 0 N–H and O–H groups in total. The minimum atomic E-state index is 0.297. The Morgan fingerprint density at radius 3 is 2.58 bits per heavy atom. The zero-order valence-electron chi connectivity index (χ0n) is 11.7. The number of aldehydes is 1. The van der Waals surface area contributed by atoms with Gasteiger partial charge in [-0.3, -0.25) is 9.48 Å². The Hall–Kier alpha value is -2.10. The fourth-order valence-corrected chi connectivity index (χ4v) is 2.02. The monoisotopic (exact) mass is 258 g/mol. The number of rotatable bonds is 4. The summed E-state index contributed by atoms with van der Waals surface area (Å²) < 4.78 is 7.05. The Morgan fingerprint density at radius 2 is 2.05 bits per heavy atom. The fraction of sp³-hybridized carbons (Fsp3) is 0.333. The molecule has 1 heterocycles. The van der Waals surface area contributed by atoms with Crippen LogP contribution in [-0.2, 0) is 0 Å². The van der Waals surface area contributed by atoms with Gasteiger partial charge in [0.2, 0.25) is 0 Å². The Balaban J connectivity index is 2.55. The molecule has 0 aliphatic heterocycles. The largest absolute Gasteiger partial charge is 0.497 e. The van der Waals surface area contributed by atoms with E-state index in [4.69, 9.17) is 4.74 Å². The highest BCUT2D eigenvalue weighted by Crippen LogP contribution is 2.29. The molecule has 0 radical (unpaired) electrons. The molecule has 0 aliphatic carbocycles. The second kappa shape index (κ2) is 5.26. The number of ether oxygens (including phenoxy) is 1. The maximum Gasteiger partial charge on any atom is 0.150 e. The molecule has 2 rings (SSSR count). The molecule has 0 bridgehead atoms. The van der Waals surface area contributed by atoms with Gasteiger partial charge in [-0.2, -0.15) is 5.10 Å². The molecule has 0 atom stereocenters. The molecule has 0 fully saturated rings. The molecule has 0 saturated carbocycles. The van der Waals surface area contributed by atoms with Crippen LogP contribution in [0.2, 0.25) is 0 Å². The van der Waals surface area contributed by atoms with Crippen molar-refractivity contribution in [2.75, 3.05) is 7.11 Å². The van der Waals surface area contributed by atoms with Crippen LogP contribution in [0.4, 0.5) is 0 Å². The Labute approximate surface area is 113 Å². The van der Waals surface area contributed by atoms with Crippen LogP contribution in [0.5, 0.6) is 5.75 Å². The Morgan fingerprint density at radius 1 is 1.32 bits per heavy atom. The number of hydrogen-bond donors (Lipinski definition) is 0. The van der Waals surface area contributed by atoms with E-state index < -0.39 is 0 Å². The number of hydrogen-bond acceptors (Lipinski definition) is 3. The third kappa shape index (κ3) is 2.52. The van der Waals surface area contributed by atoms with Gasteiger partial charge in [-0.1, -0.05) is 0 Å². The second-order valence-electron chi connectivity index (χ2n) is 4.77. The van der Waals surface area contributed by atoms with Gasteiger partial charge in [-0.25, -0.2) is 0 Å². The molecule has 2 aromatic rings. The predicted octanol–water partition coefficient (Wildman–Crippen LogP) is 3.26. The molecule has 4 heteroatoms. The molecule has 1 aromatic heterocycles. The summed E-state index contributed by atoms with van der Waals surface area (Å²) >= 11 is 0. The average molecular weight is 258 g/mol. The van der Waals surface area contributed by atoms with Crippen molar-refractivity contribution < 1.29 is 9.53 Å². The quantitative estimate of drug-likeness (QED) is 0.791. The lowest BCUT2D eigenvalue weighted by molar-refractivity contribution is 0.112. The highest BCUT2D eigenvalue weighted by Gasteiger charge is 2.13. The number of aryl methyl sites for hydroxylation is 1. The van der Waals surface area contributed by atoms with Gasteiger partial charge in [0.05, 0.1) is 12.8 Å². The zero-order chi connectivity index (χ0) is 14.0. The molecule has 0 aliphatic rings. The summed E-state index contributed by atoms with van der Waals surface area (Å²) in [5.41, 5.74) is 3.41. The summed E-state index contributed by atoms with van der Waals surface area (Å²) in [6.07, 6.45) is 2.83. The number of methoxy groups -OCH3 is 1. The summed E-state index contributed by atoms with van der Waals surface area (Å²) in [4.78, 5) is 11.2. The summed E-state index contributed by atoms with van der Waals surface area (Å²) in [5.74, 6) is 0.680. The van der Waals surface area contributed by atoms with E-state index in [-0.39, 0.29) is 0 Å². The van der Waals surface area contributed by atoms with Gasteiger partial charge >= 0.3 is 0 Å². The maximum atomic E-state index is 11.2. The van der Waals surface area contributed by atoms with E-state index in [2.05, 4.69) is 18.9 Å². The van der Waals surface area contributed by atoms with Crippen LogP contribution in [0, 0.1) is 6.92 Å². The van der Waals surface area contributed by atoms with Crippen molar-refractivity contribution >= 4 is 6.29 Å². The van der Waals surface area contributed by atoms with Crippen LogP contribution in [0.3, 0.4) is 0 Å². The first-order chi connectivity index (χ1) is 9.06. The number of carbonyl (C=O) groups is 1. The van der Waals surface area contributed by atoms with E-state index in [1.54, 1.807) is 13.2 Å². The van der Waals surface area contributed by atoms with Gasteiger partial charge < -0.3 is 4.74 Å². The lowest BCUT2D eigenvalue weighted by Crippen LogP contribution is -2.00. The number of aromatic nitrogens is 2. The molecule has 0 unspecified atom stereocenters. The molecule has 0 saturated heterocycles. The smallest absolute Gasteiger partial charge is 0.150 e. The first-order valence-corrected chi connectivity index (χ1v) is 6.26. The van der Waals surface area contributed by atoms with Crippen molar-refractivity contribution in [2.24, 2.45) is 0 Å². The van der Waals surface area contributed by atoms with E-state index in [1.807, 2.05) is 29.9 Å². The van der Waals surface area contributed by atoms with Gasteiger partial charge in [0.15, 0.2) is 6.29 Å². The minimum absolute atomic E-state index is 0.297. The van der Waals surface area contributed by atoms with Crippen molar-refractivity contribution in [1.29, 1.82) is 0 Å². The summed E-state index contributed by atoms with van der Waals surface area (Å²) in [7, 11) is 1.59. The molecule has 0 spiro atoms. The molecular weight excluding hydrogens is 240 g/mol. The van der Waals surface area contributed by atoms with Crippen molar-refractivity contribution in [2.45, 2.75) is 26.8 Å². The van der Waals surface area contributed by atoms with Gasteiger partial charge in [-0.05, 0) is 44.5 Å². The standard InChI is InChI=1S/C15H18N2O2/c1-10(2)17-8-15(11(3)16-17)14-6-5-13(19-4)7-12(14)9-18/h5-10H,1-4H3. The highest BCUT2D eigenvalue weighted by atomic mass is 16.5. The summed E-state index contributed by atoms with van der Waals surface area (Å²) in [6.45, 7) is 6.10. The van der Waals surface area contributed by atoms with E-state index in [0.717, 1.165) is 23.1 Å². The van der Waals surface area contributed by atoms with Crippen molar-refractivity contribution in [3.63, 3.8) is 0 Å². The van der Waals surface area contributed by atoms with Crippen molar-refractivity contribution in [3.05, 3.63) is 35.7 Å². The summed E-state index contributed by atoms with van der Waals surface area (Å²) in [5, 5.41) is 4.47. The van der Waals surface area contributed by atoms with Crippen LogP contribution in [0.1, 0.15) is 35.9 Å². The van der Waals surface area contributed by atoms with Crippen LogP contribution in [0.15, 0.2) is 24.4 Å². The first kappa shape index (κ1) is 13.3. The van der Waals surface area contributed by atoms with Gasteiger partial charge in [0.1, 0.15) is 5.75 Å². The lowest BCUT2D eigenvalue weighted by atomic mass is 10.0. The molecular formula is C15H18N2O2. The van der Waals surface area contributed by atoms with Crippen LogP contribution in [-0.4, -0.2) is 23.2 Å². The fourth-order valence-electron chi connectivity index (χ4n) is 2.02. The Kier molecular flexibility index (Phi) is 3.69. The third-order valence-corrected chi connectivity index (χ3v) is 3.12. The number of nitrogens with zero attached hydrogens (tertiary/aromatic N) is 2. The van der Waals surface area contributed by atoms with E-state index >= 15 is 0 Å². The highest BCUT2D eigenvalue weighted by molar-refractivity contribution is 5.88. The second-order valence-corrected chi connectivity index (χ2v) is 4.77. The summed E-state index contributed by atoms with van der Waals surface area (Å²) in [6, 6.07) is 5.80. The first-order valence-electron chi connectivity index (χ1n) is 6.26. The van der Waals surface area contributed by atoms with Gasteiger partial charge in [-0.15, -0.1) is 0 Å². The predicted molar refractivity (Wildman–Crippen MR) is 74.7 cm³/mol. The van der Waals surface area contributed by atoms with Crippen LogP contribution >= 0.6 is 0 Å². The van der Waals surface area contributed by atoms with Crippen LogP contribution < -0.4 is 4.74 Å². The maximum absolute atomic E-state index is 11.2. The molecule has 4 nitrogen and oxygen atoms in total. The minimum Gasteiger partial charge on any atom is -0.497 e. The van der Waals surface area contributed by atoms with Crippen molar-refractivity contribution in [3.8, 4) is 16.9 Å². The Bertz CT molecular complexity index is 600. The van der Waals surface area contributed by atoms with Gasteiger partial charge in [0, 0.05) is 23.4 Å². The lowest BCUT2D eigenvalue weighted by Gasteiger charge is -2.06. The van der Waals surface area contributed by atoms with E-state index in [1.165, 1.54) is 0 Å². The SMILES string of the molecule is COc1ccc(-c2cn(C(C)C)nc2C)c(C=O)c1. The zero-order valence-corrected chi connectivity index (χ0v) is 11.7. The van der Waals surface area contributed by atoms with E-state index in [9.17, 15) is 4.79 Å². The molecule has 0 amide bonds. The molecule has 19 heavy (non-hydrogen) atoms. The molecule has 1 aromatic carbocycles. The normalized spacial score (nSPS) is 10.8. The third-order valence-electron chi connectivity index (χ3n) is 3.12. The van der Waals surface area contributed by atoms with E-state index in [0.29, 0.717) is 17.4 Å². The van der Waals surface area contributed by atoms with Gasteiger partial charge in [0.25, 0.3) is 0 Å². The topological polar surface area (TPSA) is 44.1 Å².